The van der Waals surface area contributed by atoms with E-state index >= 15 is 0 Å². The molecule has 1 fully saturated rings. The van der Waals surface area contributed by atoms with E-state index in [1.165, 1.54) is 13.5 Å². The predicted octanol–water partition coefficient (Wildman–Crippen LogP) is 4.08. The Hall–Kier alpha value is -1.85. The van der Waals surface area contributed by atoms with Gasteiger partial charge in [-0.05, 0) is 43.9 Å². The minimum atomic E-state index is -0.833. The maximum atomic E-state index is 12.2. The van der Waals surface area contributed by atoms with Gasteiger partial charge in [-0.15, -0.1) is 0 Å². The van der Waals surface area contributed by atoms with Gasteiger partial charge in [0.15, 0.2) is 0 Å². The monoisotopic (exact) mass is 384 g/mol. The first kappa shape index (κ1) is 25.1. The van der Waals surface area contributed by atoms with Crippen LogP contribution in [0, 0.1) is 29.6 Å². The van der Waals surface area contributed by atoms with Crippen molar-refractivity contribution in [3.63, 3.8) is 0 Å². The molecule has 0 amide bonds. The number of carboxylic acids is 1. The molecule has 0 saturated heterocycles. The van der Waals surface area contributed by atoms with Gasteiger partial charge in [-0.2, -0.15) is 0 Å². The van der Waals surface area contributed by atoms with E-state index in [4.69, 9.17) is 19.4 Å². The second-order valence-corrected chi connectivity index (χ2v) is 7.11. The molecule has 6 nitrogen and oxygen atoms in total. The molecule has 0 aromatic rings. The summed E-state index contributed by atoms with van der Waals surface area (Å²) in [4.78, 5) is 32.9. The summed E-state index contributed by atoms with van der Waals surface area (Å²) in [6.45, 7) is 9.67. The van der Waals surface area contributed by atoms with Crippen LogP contribution < -0.4 is 0 Å². The van der Waals surface area contributed by atoms with Gasteiger partial charge in [-0.25, -0.2) is 0 Å². The molecule has 27 heavy (non-hydrogen) atoms. The Morgan fingerprint density at radius 3 is 2.11 bits per heavy atom. The first-order chi connectivity index (χ1) is 12.7. The molecule has 0 heterocycles. The number of methoxy groups -OCH3 is 1. The molecular weight excluding hydrogens is 348 g/mol. The number of fused-ring (bicyclic) bond motifs is 1. The van der Waals surface area contributed by atoms with Crippen molar-refractivity contribution in [1.29, 1.82) is 0 Å². The lowest BCUT2D eigenvalue weighted by Crippen LogP contribution is -2.41. The van der Waals surface area contributed by atoms with Gasteiger partial charge in [0, 0.05) is 6.92 Å². The Balaban J connectivity index is 0.000000836. The fourth-order valence-corrected chi connectivity index (χ4v) is 3.73. The molecule has 2 aliphatic rings. The smallest absolute Gasteiger partial charge is 0.309 e. The average Bonchev–Trinajstić information content (AvgIpc) is 2.61. The Morgan fingerprint density at radius 1 is 1.07 bits per heavy atom. The van der Waals surface area contributed by atoms with Crippen molar-refractivity contribution >= 4 is 17.9 Å². The zero-order valence-corrected chi connectivity index (χ0v) is 17.6. The Labute approximate surface area is 163 Å². The SMILES string of the molecule is CC(=O)O.CCC.CCOC(=O)C1C2CC[C@@H](C(=O)OC)CC2C=C[C@@H]1C. The fraction of sp³-hybridized carbons (Fsp3) is 0.762. The average molecular weight is 385 g/mol. The maximum Gasteiger partial charge on any atom is 0.309 e. The minimum absolute atomic E-state index is 0.0258. The number of carbonyl (C=O) groups is 3. The summed E-state index contributed by atoms with van der Waals surface area (Å²) in [5, 5.41) is 7.42. The summed E-state index contributed by atoms with van der Waals surface area (Å²) < 4.78 is 10.1. The van der Waals surface area contributed by atoms with E-state index in [-0.39, 0.29) is 29.7 Å². The van der Waals surface area contributed by atoms with E-state index in [9.17, 15) is 9.59 Å². The molecule has 2 aliphatic carbocycles. The largest absolute Gasteiger partial charge is 0.481 e. The lowest BCUT2D eigenvalue weighted by Gasteiger charge is -2.41. The van der Waals surface area contributed by atoms with Gasteiger partial charge in [0.25, 0.3) is 5.97 Å². The molecule has 0 radical (unpaired) electrons. The number of aliphatic carboxylic acids is 1. The molecule has 0 aromatic heterocycles. The molecule has 5 atom stereocenters. The van der Waals surface area contributed by atoms with E-state index in [0.29, 0.717) is 18.4 Å². The van der Waals surface area contributed by atoms with Crippen LogP contribution in [0.3, 0.4) is 0 Å². The molecule has 3 unspecified atom stereocenters. The van der Waals surface area contributed by atoms with Crippen molar-refractivity contribution in [3.8, 4) is 0 Å². The van der Waals surface area contributed by atoms with Gasteiger partial charge < -0.3 is 14.6 Å². The number of carboxylic acid groups (broad SMARTS) is 1. The molecule has 0 bridgehead atoms. The summed E-state index contributed by atoms with van der Waals surface area (Å²) in [6.07, 6.45) is 8.02. The molecular formula is C21H36O6. The molecule has 2 rings (SSSR count). The number of esters is 2. The van der Waals surface area contributed by atoms with Gasteiger partial charge in [0.2, 0.25) is 0 Å². The maximum absolute atomic E-state index is 12.2. The first-order valence-corrected chi connectivity index (χ1v) is 9.85. The number of allylic oxidation sites excluding steroid dienone is 2. The van der Waals surface area contributed by atoms with Crippen LogP contribution >= 0.6 is 0 Å². The van der Waals surface area contributed by atoms with Crippen LogP contribution in [0.15, 0.2) is 12.2 Å². The summed E-state index contributed by atoms with van der Waals surface area (Å²) in [6, 6.07) is 0. The lowest BCUT2D eigenvalue weighted by molar-refractivity contribution is -0.154. The molecule has 0 spiro atoms. The molecule has 0 aliphatic heterocycles. The zero-order chi connectivity index (χ0) is 21.0. The third-order valence-corrected chi connectivity index (χ3v) is 4.74. The van der Waals surface area contributed by atoms with Crippen LogP contribution in [0.25, 0.3) is 0 Å². The van der Waals surface area contributed by atoms with E-state index in [1.807, 2.05) is 6.92 Å². The number of hydrogen-bond donors (Lipinski definition) is 1. The highest BCUT2D eigenvalue weighted by molar-refractivity contribution is 5.75. The highest BCUT2D eigenvalue weighted by Gasteiger charge is 2.44. The fourth-order valence-electron chi connectivity index (χ4n) is 3.73. The van der Waals surface area contributed by atoms with Crippen LogP contribution in [0.4, 0.5) is 0 Å². The lowest BCUT2D eigenvalue weighted by atomic mass is 9.63. The van der Waals surface area contributed by atoms with Crippen molar-refractivity contribution in [2.45, 2.75) is 60.3 Å². The Morgan fingerprint density at radius 2 is 1.63 bits per heavy atom. The number of rotatable bonds is 3. The van der Waals surface area contributed by atoms with Gasteiger partial charge in [-0.1, -0.05) is 39.3 Å². The highest BCUT2D eigenvalue weighted by atomic mass is 16.5. The van der Waals surface area contributed by atoms with E-state index in [0.717, 1.165) is 26.2 Å². The summed E-state index contributed by atoms with van der Waals surface area (Å²) in [5.41, 5.74) is 0. The van der Waals surface area contributed by atoms with Crippen LogP contribution in [0.2, 0.25) is 0 Å². The van der Waals surface area contributed by atoms with E-state index in [1.54, 1.807) is 0 Å². The van der Waals surface area contributed by atoms with E-state index < -0.39 is 5.97 Å². The van der Waals surface area contributed by atoms with Gasteiger partial charge in [-0.3, -0.25) is 14.4 Å². The summed E-state index contributed by atoms with van der Waals surface area (Å²) in [5.74, 6) is -0.330. The van der Waals surface area contributed by atoms with Crippen LogP contribution in [0.1, 0.15) is 60.3 Å². The molecule has 156 valence electrons. The standard InChI is InChI=1S/C16H24O4.C3H8.C2H4O2/c1-4-20-16(18)14-10(2)5-6-11-9-12(15(17)19-3)7-8-13(11)14;1-3-2;1-2(3)4/h5-6,10-14H,4,7-9H2,1-3H3;3H2,1-2H3;1H3,(H,3,4)/t10-,11?,12+,13?,14?;;/m0../s1. The predicted molar refractivity (Wildman–Crippen MR) is 104 cm³/mol. The molecule has 0 aromatic carbocycles. The third-order valence-electron chi connectivity index (χ3n) is 4.74. The summed E-state index contributed by atoms with van der Waals surface area (Å²) >= 11 is 0. The minimum Gasteiger partial charge on any atom is -0.481 e. The zero-order valence-electron chi connectivity index (χ0n) is 17.6. The molecule has 1 saturated carbocycles. The van der Waals surface area contributed by atoms with Crippen molar-refractivity contribution in [3.05, 3.63) is 12.2 Å². The summed E-state index contributed by atoms with van der Waals surface area (Å²) in [7, 11) is 1.44. The second-order valence-electron chi connectivity index (χ2n) is 7.11. The molecule has 6 heteroatoms. The van der Waals surface area contributed by atoms with Crippen molar-refractivity contribution in [2.24, 2.45) is 29.6 Å². The first-order valence-electron chi connectivity index (χ1n) is 9.85. The van der Waals surface area contributed by atoms with Gasteiger partial charge in [0.1, 0.15) is 0 Å². The topological polar surface area (TPSA) is 89.9 Å². The van der Waals surface area contributed by atoms with Crippen molar-refractivity contribution in [1.82, 2.24) is 0 Å². The van der Waals surface area contributed by atoms with E-state index in [2.05, 4.69) is 32.9 Å². The van der Waals surface area contributed by atoms with Crippen molar-refractivity contribution < 1.29 is 29.0 Å². The van der Waals surface area contributed by atoms with Crippen molar-refractivity contribution in [2.75, 3.05) is 13.7 Å². The number of carbonyl (C=O) groups excluding carboxylic acids is 2. The quantitative estimate of drug-likeness (QED) is 0.582. The van der Waals surface area contributed by atoms with Crippen LogP contribution in [-0.4, -0.2) is 36.7 Å². The van der Waals surface area contributed by atoms with Crippen LogP contribution in [-0.2, 0) is 23.9 Å². The molecule has 1 N–H and O–H groups in total. The second kappa shape index (κ2) is 13.3. The normalized spacial score (nSPS) is 28.3. The van der Waals surface area contributed by atoms with Gasteiger partial charge in [0.05, 0.1) is 25.6 Å². The van der Waals surface area contributed by atoms with Gasteiger partial charge >= 0.3 is 11.9 Å². The Bertz CT molecular complexity index is 495. The Kier molecular flexibility index (Phi) is 12.4. The van der Waals surface area contributed by atoms with Crippen LogP contribution in [0.5, 0.6) is 0 Å². The third kappa shape index (κ3) is 8.59. The highest BCUT2D eigenvalue weighted by Crippen LogP contribution is 2.45. The number of ether oxygens (including phenoxy) is 2. The number of hydrogen-bond acceptors (Lipinski definition) is 5.